The maximum Gasteiger partial charge on any atom is 0.261 e. The summed E-state index contributed by atoms with van der Waals surface area (Å²) < 4.78 is 3.46. The van der Waals surface area contributed by atoms with Crippen LogP contribution in [0.1, 0.15) is 13.8 Å². The molecule has 33 heavy (non-hydrogen) atoms. The molecule has 0 aromatic carbocycles. The van der Waals surface area contributed by atoms with Crippen LogP contribution >= 0.6 is 11.3 Å². The van der Waals surface area contributed by atoms with Crippen LogP contribution in [0, 0.1) is 5.41 Å². The molecule has 0 spiro atoms. The molecule has 11 heteroatoms. The van der Waals surface area contributed by atoms with Crippen molar-refractivity contribution in [3.8, 4) is 10.4 Å². The first-order chi connectivity index (χ1) is 15.8. The fourth-order valence-corrected chi connectivity index (χ4v) is 5.64. The van der Waals surface area contributed by atoms with Gasteiger partial charge in [-0.05, 0) is 11.5 Å². The van der Waals surface area contributed by atoms with Crippen molar-refractivity contribution in [3.05, 3.63) is 41.2 Å². The number of fused-ring (bicyclic) bond motifs is 5. The Kier molecular flexibility index (Phi) is 4.23. The first-order valence-corrected chi connectivity index (χ1v) is 11.4. The van der Waals surface area contributed by atoms with Gasteiger partial charge in [0.15, 0.2) is 0 Å². The van der Waals surface area contributed by atoms with Crippen LogP contribution in [-0.2, 0) is 11.8 Å². The van der Waals surface area contributed by atoms with E-state index in [9.17, 15) is 9.59 Å². The SMILES string of the molecule is Cn1cc(-c2cn3nc4c5ncc(NC(=O)CN6CC(C)(C)C6)cc5[nH]c(=O)c4c3s2)cn1. The fourth-order valence-electron chi connectivity index (χ4n) is 4.58. The highest BCUT2D eigenvalue weighted by Crippen LogP contribution is 2.33. The highest BCUT2D eigenvalue weighted by Gasteiger charge is 2.34. The van der Waals surface area contributed by atoms with Crippen molar-refractivity contribution in [1.82, 2.24) is 34.3 Å². The normalized spacial score (nSPS) is 16.0. The summed E-state index contributed by atoms with van der Waals surface area (Å²) in [5, 5.41) is 12.2. The Morgan fingerprint density at radius 1 is 1.24 bits per heavy atom. The van der Waals surface area contributed by atoms with Crippen LogP contribution in [0.4, 0.5) is 5.69 Å². The lowest BCUT2D eigenvalue weighted by Crippen LogP contribution is -2.54. The highest BCUT2D eigenvalue weighted by atomic mass is 32.1. The molecule has 1 saturated heterocycles. The molecule has 1 aliphatic heterocycles. The van der Waals surface area contributed by atoms with E-state index in [4.69, 9.17) is 0 Å². The highest BCUT2D eigenvalue weighted by molar-refractivity contribution is 7.21. The second-order valence-electron chi connectivity index (χ2n) is 9.40. The van der Waals surface area contributed by atoms with Gasteiger partial charge in [-0.25, -0.2) is 4.52 Å². The van der Waals surface area contributed by atoms with Crippen molar-refractivity contribution >= 4 is 49.7 Å². The first kappa shape index (κ1) is 20.1. The van der Waals surface area contributed by atoms with Crippen LogP contribution in [0.15, 0.2) is 35.6 Å². The van der Waals surface area contributed by atoms with Gasteiger partial charge in [0.1, 0.15) is 21.3 Å². The number of aryl methyl sites for hydroxylation is 1. The van der Waals surface area contributed by atoms with Crippen molar-refractivity contribution < 1.29 is 4.79 Å². The van der Waals surface area contributed by atoms with Crippen LogP contribution in [0.25, 0.3) is 37.2 Å². The van der Waals surface area contributed by atoms with Crippen molar-refractivity contribution in [2.75, 3.05) is 25.0 Å². The summed E-state index contributed by atoms with van der Waals surface area (Å²) in [5.74, 6) is -0.0967. The molecule has 6 rings (SSSR count). The molecule has 0 bridgehead atoms. The number of amides is 1. The van der Waals surface area contributed by atoms with Crippen molar-refractivity contribution in [2.24, 2.45) is 12.5 Å². The molecule has 0 unspecified atom stereocenters. The quantitative estimate of drug-likeness (QED) is 0.424. The number of nitrogens with one attached hydrogen (secondary N) is 2. The van der Waals surface area contributed by atoms with E-state index < -0.39 is 0 Å². The molecule has 0 atom stereocenters. The average molecular weight is 463 g/mol. The van der Waals surface area contributed by atoms with E-state index in [1.807, 2.05) is 19.4 Å². The van der Waals surface area contributed by atoms with Crippen LogP contribution in [0.3, 0.4) is 0 Å². The molecule has 0 aliphatic carbocycles. The fraction of sp³-hybridized carbons (Fsp3) is 0.318. The molecule has 6 heterocycles. The summed E-state index contributed by atoms with van der Waals surface area (Å²) >= 11 is 1.48. The Hall–Kier alpha value is -3.57. The summed E-state index contributed by atoms with van der Waals surface area (Å²) in [5.41, 5.74) is 3.21. The van der Waals surface area contributed by atoms with E-state index in [0.29, 0.717) is 34.2 Å². The number of aromatic nitrogens is 6. The summed E-state index contributed by atoms with van der Waals surface area (Å²) in [6.07, 6.45) is 7.21. The maximum atomic E-state index is 13.0. The second-order valence-corrected chi connectivity index (χ2v) is 10.4. The van der Waals surface area contributed by atoms with Crippen molar-refractivity contribution in [2.45, 2.75) is 13.8 Å². The number of pyridine rings is 2. The zero-order chi connectivity index (χ0) is 22.9. The van der Waals surface area contributed by atoms with Crippen molar-refractivity contribution in [1.29, 1.82) is 0 Å². The number of thiazole rings is 1. The van der Waals surface area contributed by atoms with E-state index >= 15 is 0 Å². The first-order valence-electron chi connectivity index (χ1n) is 10.6. The number of nitrogens with zero attached hydrogens (tertiary/aromatic N) is 6. The summed E-state index contributed by atoms with van der Waals surface area (Å²) in [6.45, 7) is 6.52. The van der Waals surface area contributed by atoms with Crippen LogP contribution < -0.4 is 10.9 Å². The van der Waals surface area contributed by atoms with Gasteiger partial charge in [-0.3, -0.25) is 24.2 Å². The van der Waals surface area contributed by atoms with Crippen LogP contribution in [-0.4, -0.2) is 59.8 Å². The lowest BCUT2D eigenvalue weighted by Gasteiger charge is -2.45. The minimum atomic E-state index is -0.236. The predicted molar refractivity (Wildman–Crippen MR) is 128 cm³/mol. The number of hydrogen-bond donors (Lipinski definition) is 2. The monoisotopic (exact) mass is 462 g/mol. The summed E-state index contributed by atoms with van der Waals surface area (Å²) in [7, 11) is 1.86. The topological polar surface area (TPSA) is 113 Å². The lowest BCUT2D eigenvalue weighted by molar-refractivity contribution is -0.120. The third-order valence-electron chi connectivity index (χ3n) is 5.84. The van der Waals surface area contributed by atoms with E-state index in [1.165, 1.54) is 11.3 Å². The summed E-state index contributed by atoms with van der Waals surface area (Å²) in [4.78, 5) is 36.6. The van der Waals surface area contributed by atoms with Gasteiger partial charge < -0.3 is 10.3 Å². The van der Waals surface area contributed by atoms with E-state index in [1.54, 1.807) is 27.7 Å². The van der Waals surface area contributed by atoms with Gasteiger partial charge in [0.2, 0.25) is 5.91 Å². The Morgan fingerprint density at radius 3 is 2.79 bits per heavy atom. The van der Waals surface area contributed by atoms with Gasteiger partial charge in [-0.1, -0.05) is 13.8 Å². The standard InChI is InChI=1S/C22H22N8O2S/c1-22(2)10-29(11-22)9-16(31)25-13-4-14-18(23-6-13)19-17(20(32)26-14)21-30(27-19)8-15(33-21)12-5-24-28(3)7-12/h4-8H,9-11H2,1-3H3,(H,25,31)(H,26,32). The smallest absolute Gasteiger partial charge is 0.261 e. The largest absolute Gasteiger partial charge is 0.324 e. The molecule has 2 N–H and O–H groups in total. The number of aromatic amines is 1. The molecular weight excluding hydrogens is 440 g/mol. The third kappa shape index (κ3) is 3.40. The number of rotatable bonds is 4. The number of H-pyrrole nitrogens is 1. The van der Waals surface area contributed by atoms with Gasteiger partial charge >= 0.3 is 0 Å². The minimum absolute atomic E-state index is 0.0967. The van der Waals surface area contributed by atoms with E-state index in [2.05, 4.69) is 44.2 Å². The zero-order valence-electron chi connectivity index (χ0n) is 18.4. The van der Waals surface area contributed by atoms with E-state index in [-0.39, 0.29) is 16.9 Å². The molecule has 5 aromatic heterocycles. The maximum absolute atomic E-state index is 13.0. The number of likely N-dealkylation sites (tertiary alicyclic amines) is 1. The van der Waals surface area contributed by atoms with E-state index in [0.717, 1.165) is 28.4 Å². The summed E-state index contributed by atoms with van der Waals surface area (Å²) in [6, 6.07) is 1.73. The molecular formula is C22H22N8O2S. The number of anilines is 1. The van der Waals surface area contributed by atoms with Crippen LogP contribution in [0.2, 0.25) is 0 Å². The molecule has 1 amide bonds. The van der Waals surface area contributed by atoms with Gasteiger partial charge in [-0.15, -0.1) is 11.3 Å². The zero-order valence-corrected chi connectivity index (χ0v) is 19.2. The molecule has 1 aliphatic rings. The second kappa shape index (κ2) is 6.96. The Balaban J connectivity index is 1.33. The molecule has 1 fully saturated rings. The van der Waals surface area contributed by atoms with Crippen LogP contribution in [0.5, 0.6) is 0 Å². The Morgan fingerprint density at radius 2 is 2.06 bits per heavy atom. The Labute approximate surface area is 191 Å². The number of carbonyl (C=O) groups excluding carboxylic acids is 1. The van der Waals surface area contributed by atoms with Crippen molar-refractivity contribution in [3.63, 3.8) is 0 Å². The Bertz CT molecular complexity index is 1610. The number of carbonyl (C=O) groups is 1. The molecule has 10 nitrogen and oxygen atoms in total. The third-order valence-corrected chi connectivity index (χ3v) is 6.99. The predicted octanol–water partition coefficient (Wildman–Crippen LogP) is 2.47. The average Bonchev–Trinajstić information content (AvgIpc) is 3.40. The van der Waals surface area contributed by atoms with Gasteiger partial charge in [0.05, 0.1) is 35.0 Å². The number of hydrogen-bond acceptors (Lipinski definition) is 7. The van der Waals surface area contributed by atoms with Gasteiger partial charge in [0, 0.05) is 38.1 Å². The van der Waals surface area contributed by atoms with Gasteiger partial charge in [0.25, 0.3) is 5.56 Å². The molecule has 0 saturated carbocycles. The molecule has 168 valence electrons. The molecule has 5 aromatic rings. The molecule has 0 radical (unpaired) electrons. The van der Waals surface area contributed by atoms with Gasteiger partial charge in [-0.2, -0.15) is 10.2 Å². The minimum Gasteiger partial charge on any atom is -0.324 e. The lowest BCUT2D eigenvalue weighted by atomic mass is 9.84.